The molecule has 4 rings (SSSR count). The molecule has 0 radical (unpaired) electrons. The number of fused-ring (bicyclic) bond motifs is 2. The molecule has 0 aromatic carbocycles. The van der Waals surface area contributed by atoms with Gasteiger partial charge in [0.2, 0.25) is 11.9 Å². The minimum absolute atomic E-state index is 0.0369. The third-order valence-corrected chi connectivity index (χ3v) is 6.99. The number of alkyl halides is 3. The van der Waals surface area contributed by atoms with Gasteiger partial charge in [-0.3, -0.25) is 9.59 Å². The lowest BCUT2D eigenvalue weighted by Gasteiger charge is -2.41. The predicted octanol–water partition coefficient (Wildman–Crippen LogP) is 2.08. The van der Waals surface area contributed by atoms with Gasteiger partial charge in [0.25, 0.3) is 5.91 Å². The quantitative estimate of drug-likeness (QED) is 0.351. The number of nitriles is 1. The number of aliphatic carboxylic acids is 1. The first kappa shape index (κ1) is 27.9. The number of hydrogen-bond donors (Lipinski definition) is 2. The number of amides is 2. The molecule has 37 heavy (non-hydrogen) atoms. The molecule has 3 saturated heterocycles. The number of likely N-dealkylation sites (tertiary alicyclic amines) is 1. The number of nitrogens with zero attached hydrogens (tertiary/aromatic N) is 4. The molecule has 3 aliphatic rings. The summed E-state index contributed by atoms with van der Waals surface area (Å²) in [6.07, 6.45) is 5.80. The van der Waals surface area contributed by atoms with Gasteiger partial charge in [0, 0.05) is 29.9 Å². The number of carboxylic acids is 1. The average molecular weight is 523 g/mol. The largest absolute Gasteiger partial charge is 0.490 e. The third kappa shape index (κ3) is 6.00. The Morgan fingerprint density at radius 1 is 1.14 bits per heavy atom. The molecule has 2 unspecified atom stereocenters. The van der Waals surface area contributed by atoms with Gasteiger partial charge in [-0.1, -0.05) is 5.92 Å². The smallest absolute Gasteiger partial charge is 0.475 e. The van der Waals surface area contributed by atoms with E-state index in [-0.39, 0.29) is 35.4 Å². The van der Waals surface area contributed by atoms with Gasteiger partial charge in [0.05, 0.1) is 18.2 Å². The van der Waals surface area contributed by atoms with Crippen molar-refractivity contribution >= 4 is 17.8 Å². The zero-order valence-electron chi connectivity index (χ0n) is 19.6. The lowest BCUT2D eigenvalue weighted by molar-refractivity contribution is -0.192. The van der Waals surface area contributed by atoms with Crippen LogP contribution in [0.15, 0.2) is 18.3 Å². The second kappa shape index (κ2) is 11.1. The van der Waals surface area contributed by atoms with E-state index in [4.69, 9.17) is 22.1 Å². The Bertz CT molecular complexity index is 1100. The number of aromatic nitrogens is 1. The molecule has 13 heteroatoms. The Morgan fingerprint density at radius 2 is 1.70 bits per heavy atom. The van der Waals surface area contributed by atoms with Gasteiger partial charge in [0.1, 0.15) is 6.04 Å². The van der Waals surface area contributed by atoms with Gasteiger partial charge >= 0.3 is 12.1 Å². The minimum atomic E-state index is -5.08. The summed E-state index contributed by atoms with van der Waals surface area (Å²) >= 11 is 0. The highest BCUT2D eigenvalue weighted by molar-refractivity contribution is 5.95. The number of nitrogens with two attached hydrogens (primary N) is 1. The first-order valence-electron chi connectivity index (χ1n) is 11.6. The van der Waals surface area contributed by atoms with Crippen LogP contribution in [0.25, 0.3) is 0 Å². The number of carboxylic acid groups (broad SMARTS) is 1. The van der Waals surface area contributed by atoms with Crippen LogP contribution in [-0.2, 0) is 9.59 Å². The molecule has 1 aromatic heterocycles. The lowest BCUT2D eigenvalue weighted by Crippen LogP contribution is -2.56. The minimum Gasteiger partial charge on any atom is -0.475 e. The highest BCUT2D eigenvalue weighted by Gasteiger charge is 2.48. The van der Waals surface area contributed by atoms with E-state index in [9.17, 15) is 32.4 Å². The molecule has 1 aromatic rings. The van der Waals surface area contributed by atoms with E-state index in [1.165, 1.54) is 17.2 Å². The molecule has 3 N–H and O–H groups in total. The molecule has 9 nitrogen and oxygen atoms in total. The van der Waals surface area contributed by atoms with Crippen molar-refractivity contribution in [2.45, 2.75) is 74.9 Å². The molecule has 198 valence electrons. The molecule has 5 atom stereocenters. The Labute approximate surface area is 210 Å². The van der Waals surface area contributed by atoms with Gasteiger partial charge in [-0.25, -0.2) is 9.78 Å². The summed E-state index contributed by atoms with van der Waals surface area (Å²) in [6.45, 7) is 0. The molecular formula is C24H25F4N5O4. The SMILES string of the molecule is C#C[C@H]1CC[C@@H](C#N)N1C(=O)[C@@H](N)C1CC2CCC(C1)N2C(=O)c1ccnc(F)c1.O=C(O)C(F)(F)F. The van der Waals surface area contributed by atoms with E-state index < -0.39 is 36.2 Å². The maximum atomic E-state index is 13.5. The number of hydrogen-bond acceptors (Lipinski definition) is 6. The summed E-state index contributed by atoms with van der Waals surface area (Å²) in [5.41, 5.74) is 6.66. The number of piperidine rings is 1. The first-order valence-corrected chi connectivity index (χ1v) is 11.6. The number of pyridine rings is 1. The van der Waals surface area contributed by atoms with Crippen LogP contribution in [0.1, 0.15) is 48.9 Å². The Balaban J connectivity index is 0.000000479. The van der Waals surface area contributed by atoms with Crippen LogP contribution in [0.5, 0.6) is 0 Å². The summed E-state index contributed by atoms with van der Waals surface area (Å²) in [5, 5.41) is 16.5. The highest BCUT2D eigenvalue weighted by Crippen LogP contribution is 2.41. The molecule has 0 saturated carbocycles. The van der Waals surface area contributed by atoms with Crippen LogP contribution in [-0.4, -0.2) is 74.1 Å². The Morgan fingerprint density at radius 3 is 2.19 bits per heavy atom. The number of carbonyl (C=O) groups is 3. The monoisotopic (exact) mass is 523 g/mol. The molecule has 2 amide bonds. The Hall–Kier alpha value is -3.71. The molecule has 3 aliphatic heterocycles. The second-order valence-corrected chi connectivity index (χ2v) is 9.18. The molecule has 0 spiro atoms. The fourth-order valence-corrected chi connectivity index (χ4v) is 5.31. The standard InChI is InChI=1S/C22H24FN5O2.C2HF3O2/c1-2-15-3-6-18(12-24)27(15)22(30)20(25)14-9-16-4-5-17(10-14)28(16)21(29)13-7-8-26-19(23)11-13;3-2(4,5)1(6)7/h1,7-8,11,14-18,20H,3-6,9-10,25H2;(H,6,7)/t14?,15-,16?,17?,18-,20-;/m0./s1. The average Bonchev–Trinajstić information content (AvgIpc) is 3.39. The Kier molecular flexibility index (Phi) is 8.39. The maximum absolute atomic E-state index is 13.5. The number of terminal acetylenes is 1. The molecule has 0 aliphatic carbocycles. The summed E-state index contributed by atoms with van der Waals surface area (Å²) in [5.74, 6) is -1.42. The summed E-state index contributed by atoms with van der Waals surface area (Å²) in [7, 11) is 0. The summed E-state index contributed by atoms with van der Waals surface area (Å²) in [4.78, 5) is 41.8. The van der Waals surface area contributed by atoms with E-state index >= 15 is 0 Å². The van der Waals surface area contributed by atoms with Crippen molar-refractivity contribution in [3.8, 4) is 18.4 Å². The number of halogens is 4. The third-order valence-electron chi connectivity index (χ3n) is 6.99. The molecule has 2 bridgehead atoms. The topological polar surface area (TPSA) is 141 Å². The van der Waals surface area contributed by atoms with E-state index in [1.807, 2.05) is 4.90 Å². The number of rotatable bonds is 3. The van der Waals surface area contributed by atoms with Crippen molar-refractivity contribution in [2.75, 3.05) is 0 Å². The van der Waals surface area contributed by atoms with Crippen LogP contribution in [0, 0.1) is 35.5 Å². The molecular weight excluding hydrogens is 498 g/mol. The number of carbonyl (C=O) groups excluding carboxylic acids is 2. The summed E-state index contributed by atoms with van der Waals surface area (Å²) < 4.78 is 45.2. The van der Waals surface area contributed by atoms with Gasteiger partial charge in [0.15, 0.2) is 0 Å². The second-order valence-electron chi connectivity index (χ2n) is 9.18. The van der Waals surface area contributed by atoms with Crippen molar-refractivity contribution in [3.63, 3.8) is 0 Å². The predicted molar refractivity (Wildman–Crippen MR) is 120 cm³/mol. The summed E-state index contributed by atoms with van der Waals surface area (Å²) in [6, 6.07) is 3.06. The van der Waals surface area contributed by atoms with Crippen molar-refractivity contribution in [1.82, 2.24) is 14.8 Å². The van der Waals surface area contributed by atoms with Gasteiger partial charge < -0.3 is 20.6 Å². The van der Waals surface area contributed by atoms with Crippen molar-refractivity contribution in [2.24, 2.45) is 11.7 Å². The highest BCUT2D eigenvalue weighted by atomic mass is 19.4. The lowest BCUT2D eigenvalue weighted by atomic mass is 9.84. The zero-order valence-corrected chi connectivity index (χ0v) is 19.6. The van der Waals surface area contributed by atoms with Crippen LogP contribution >= 0.6 is 0 Å². The van der Waals surface area contributed by atoms with Crippen molar-refractivity contribution in [3.05, 3.63) is 29.8 Å². The fourth-order valence-electron chi connectivity index (χ4n) is 5.31. The van der Waals surface area contributed by atoms with E-state index in [0.717, 1.165) is 18.9 Å². The molecule has 3 fully saturated rings. The van der Waals surface area contributed by atoms with Gasteiger partial charge in [-0.2, -0.15) is 22.8 Å². The van der Waals surface area contributed by atoms with Gasteiger partial charge in [-0.15, -0.1) is 6.42 Å². The first-order chi connectivity index (χ1) is 17.4. The zero-order chi connectivity index (χ0) is 27.5. The van der Waals surface area contributed by atoms with Crippen LogP contribution in [0.2, 0.25) is 0 Å². The van der Waals surface area contributed by atoms with E-state index in [1.54, 1.807) is 0 Å². The van der Waals surface area contributed by atoms with Crippen LogP contribution in [0.3, 0.4) is 0 Å². The van der Waals surface area contributed by atoms with Crippen molar-refractivity contribution in [1.29, 1.82) is 5.26 Å². The van der Waals surface area contributed by atoms with E-state index in [0.29, 0.717) is 25.7 Å². The molecule has 4 heterocycles. The normalized spacial score (nSPS) is 27.4. The van der Waals surface area contributed by atoms with Crippen LogP contribution < -0.4 is 5.73 Å². The van der Waals surface area contributed by atoms with E-state index in [2.05, 4.69) is 17.0 Å². The van der Waals surface area contributed by atoms with Gasteiger partial charge in [-0.05, 0) is 50.5 Å². The maximum Gasteiger partial charge on any atom is 0.490 e. The fraction of sp³-hybridized carbons (Fsp3) is 0.542. The van der Waals surface area contributed by atoms with Crippen molar-refractivity contribution < 1.29 is 37.1 Å². The van der Waals surface area contributed by atoms with Crippen LogP contribution in [0.4, 0.5) is 17.6 Å².